The standard InChI is InChI=1S/C13H11FN2O2/c1-8-6-9(13(17)18)7-12(15-8)16-11-5-3-2-4-10(11)14/h2-7H,1H3,(H,15,16)(H,17,18). The smallest absolute Gasteiger partial charge is 0.335 e. The summed E-state index contributed by atoms with van der Waals surface area (Å²) in [6.07, 6.45) is 0. The zero-order valence-corrected chi connectivity index (χ0v) is 9.64. The van der Waals surface area contributed by atoms with Crippen molar-refractivity contribution in [2.75, 3.05) is 5.32 Å². The molecule has 1 aromatic heterocycles. The summed E-state index contributed by atoms with van der Waals surface area (Å²) >= 11 is 0. The lowest BCUT2D eigenvalue weighted by molar-refractivity contribution is 0.0696. The van der Waals surface area contributed by atoms with E-state index in [1.807, 2.05) is 0 Å². The Balaban J connectivity index is 2.35. The molecule has 5 heteroatoms. The maximum absolute atomic E-state index is 13.4. The second-order valence-corrected chi connectivity index (χ2v) is 3.79. The summed E-state index contributed by atoms with van der Waals surface area (Å²) < 4.78 is 13.4. The van der Waals surface area contributed by atoms with Crippen LogP contribution in [0, 0.1) is 12.7 Å². The third-order valence-corrected chi connectivity index (χ3v) is 2.34. The monoisotopic (exact) mass is 246 g/mol. The zero-order chi connectivity index (χ0) is 13.1. The summed E-state index contributed by atoms with van der Waals surface area (Å²) in [6.45, 7) is 1.68. The molecule has 0 saturated carbocycles. The number of anilines is 2. The van der Waals surface area contributed by atoms with Crippen molar-refractivity contribution >= 4 is 17.5 Å². The average molecular weight is 246 g/mol. The van der Waals surface area contributed by atoms with Crippen molar-refractivity contribution in [2.45, 2.75) is 6.92 Å². The van der Waals surface area contributed by atoms with Gasteiger partial charge in [-0.1, -0.05) is 12.1 Å². The molecule has 0 fully saturated rings. The Morgan fingerprint density at radius 2 is 2.06 bits per heavy atom. The molecular weight excluding hydrogens is 235 g/mol. The van der Waals surface area contributed by atoms with E-state index >= 15 is 0 Å². The van der Waals surface area contributed by atoms with Crippen molar-refractivity contribution in [2.24, 2.45) is 0 Å². The molecule has 0 aliphatic heterocycles. The van der Waals surface area contributed by atoms with Crippen LogP contribution >= 0.6 is 0 Å². The number of hydrogen-bond donors (Lipinski definition) is 2. The number of nitrogens with one attached hydrogen (secondary N) is 1. The second-order valence-electron chi connectivity index (χ2n) is 3.79. The van der Waals surface area contributed by atoms with Gasteiger partial charge < -0.3 is 10.4 Å². The highest BCUT2D eigenvalue weighted by molar-refractivity contribution is 5.88. The first-order valence-electron chi connectivity index (χ1n) is 5.30. The molecule has 0 radical (unpaired) electrons. The molecule has 2 rings (SSSR count). The molecular formula is C13H11FN2O2. The number of carboxylic acids is 1. The van der Waals surface area contributed by atoms with Crippen LogP contribution in [0.25, 0.3) is 0 Å². The van der Waals surface area contributed by atoms with E-state index in [-0.39, 0.29) is 11.3 Å². The van der Waals surface area contributed by atoms with Gasteiger partial charge in [0.2, 0.25) is 0 Å². The minimum Gasteiger partial charge on any atom is -0.478 e. The molecule has 0 atom stereocenters. The highest BCUT2D eigenvalue weighted by Crippen LogP contribution is 2.19. The van der Waals surface area contributed by atoms with Crippen molar-refractivity contribution in [1.29, 1.82) is 0 Å². The largest absolute Gasteiger partial charge is 0.478 e. The number of aromatic carboxylic acids is 1. The van der Waals surface area contributed by atoms with Crippen LogP contribution < -0.4 is 5.32 Å². The zero-order valence-electron chi connectivity index (χ0n) is 9.64. The number of para-hydroxylation sites is 1. The summed E-state index contributed by atoms with van der Waals surface area (Å²) in [5, 5.41) is 11.7. The topological polar surface area (TPSA) is 62.2 Å². The van der Waals surface area contributed by atoms with Crippen LogP contribution in [-0.4, -0.2) is 16.1 Å². The molecule has 0 unspecified atom stereocenters. The van der Waals surface area contributed by atoms with E-state index in [4.69, 9.17) is 5.11 Å². The number of halogens is 1. The Labute approximate surface area is 103 Å². The van der Waals surface area contributed by atoms with Crippen LogP contribution in [0.4, 0.5) is 15.9 Å². The van der Waals surface area contributed by atoms with Crippen LogP contribution in [0.15, 0.2) is 36.4 Å². The SMILES string of the molecule is Cc1cc(C(=O)O)cc(Nc2ccccc2F)n1. The number of aryl methyl sites for hydroxylation is 1. The summed E-state index contributed by atoms with van der Waals surface area (Å²) in [5.41, 5.74) is 0.919. The number of carbonyl (C=O) groups is 1. The molecule has 2 N–H and O–H groups in total. The van der Waals surface area contributed by atoms with Crippen LogP contribution in [0.2, 0.25) is 0 Å². The molecule has 0 aliphatic carbocycles. The first-order valence-corrected chi connectivity index (χ1v) is 5.30. The third kappa shape index (κ3) is 2.63. The number of hydrogen-bond acceptors (Lipinski definition) is 3. The lowest BCUT2D eigenvalue weighted by Gasteiger charge is -2.08. The van der Waals surface area contributed by atoms with Crippen LogP contribution in [-0.2, 0) is 0 Å². The fraction of sp³-hybridized carbons (Fsp3) is 0.0769. The molecule has 1 heterocycles. The second kappa shape index (κ2) is 4.83. The van der Waals surface area contributed by atoms with Crippen molar-refractivity contribution in [3.05, 3.63) is 53.5 Å². The predicted molar refractivity (Wildman–Crippen MR) is 65.6 cm³/mol. The van der Waals surface area contributed by atoms with E-state index < -0.39 is 11.8 Å². The van der Waals surface area contributed by atoms with Gasteiger partial charge in [0, 0.05) is 5.69 Å². The quantitative estimate of drug-likeness (QED) is 0.874. The molecule has 1 aromatic carbocycles. The number of benzene rings is 1. The van der Waals surface area contributed by atoms with E-state index in [9.17, 15) is 9.18 Å². The van der Waals surface area contributed by atoms with Gasteiger partial charge in [-0.15, -0.1) is 0 Å². The third-order valence-electron chi connectivity index (χ3n) is 2.34. The minimum absolute atomic E-state index is 0.112. The van der Waals surface area contributed by atoms with Gasteiger partial charge in [0.25, 0.3) is 0 Å². The Bertz CT molecular complexity index is 599. The number of carboxylic acid groups (broad SMARTS) is 1. The summed E-state index contributed by atoms with van der Waals surface area (Å²) in [4.78, 5) is 15.0. The first kappa shape index (κ1) is 12.0. The van der Waals surface area contributed by atoms with Crippen LogP contribution in [0.1, 0.15) is 16.1 Å². The highest BCUT2D eigenvalue weighted by Gasteiger charge is 2.08. The van der Waals surface area contributed by atoms with Crippen LogP contribution in [0.5, 0.6) is 0 Å². The van der Waals surface area contributed by atoms with Gasteiger partial charge >= 0.3 is 5.97 Å². The fourth-order valence-electron chi connectivity index (χ4n) is 1.56. The van der Waals surface area contributed by atoms with Gasteiger partial charge in [0.05, 0.1) is 11.3 Å². The maximum Gasteiger partial charge on any atom is 0.335 e. The molecule has 0 spiro atoms. The molecule has 18 heavy (non-hydrogen) atoms. The molecule has 0 amide bonds. The number of aromatic nitrogens is 1. The summed E-state index contributed by atoms with van der Waals surface area (Å²) in [5.74, 6) is -1.16. The van der Waals surface area contributed by atoms with E-state index in [0.29, 0.717) is 11.5 Å². The molecule has 0 aliphatic rings. The minimum atomic E-state index is -1.04. The number of nitrogens with zero attached hydrogens (tertiary/aromatic N) is 1. The Morgan fingerprint density at radius 3 is 2.72 bits per heavy atom. The Hall–Kier alpha value is -2.43. The lowest BCUT2D eigenvalue weighted by atomic mass is 10.2. The van der Waals surface area contributed by atoms with E-state index in [2.05, 4.69) is 10.3 Å². The van der Waals surface area contributed by atoms with E-state index in [1.165, 1.54) is 18.2 Å². The van der Waals surface area contributed by atoms with Crippen molar-refractivity contribution in [3.63, 3.8) is 0 Å². The maximum atomic E-state index is 13.4. The van der Waals surface area contributed by atoms with Gasteiger partial charge in [0.1, 0.15) is 11.6 Å². The van der Waals surface area contributed by atoms with Crippen LogP contribution in [0.3, 0.4) is 0 Å². The average Bonchev–Trinajstić information content (AvgIpc) is 2.31. The van der Waals surface area contributed by atoms with Crippen molar-refractivity contribution in [3.8, 4) is 0 Å². The Morgan fingerprint density at radius 1 is 1.33 bits per heavy atom. The van der Waals surface area contributed by atoms with E-state index in [0.717, 1.165) is 0 Å². The van der Waals surface area contributed by atoms with Gasteiger partial charge in [-0.2, -0.15) is 0 Å². The molecule has 4 nitrogen and oxygen atoms in total. The Kier molecular flexibility index (Phi) is 3.23. The molecule has 2 aromatic rings. The highest BCUT2D eigenvalue weighted by atomic mass is 19.1. The van der Waals surface area contributed by atoms with Gasteiger partial charge in [-0.25, -0.2) is 14.2 Å². The molecule has 0 saturated heterocycles. The first-order chi connectivity index (χ1) is 8.56. The summed E-state index contributed by atoms with van der Waals surface area (Å²) in [6, 6.07) is 8.94. The lowest BCUT2D eigenvalue weighted by Crippen LogP contribution is -2.02. The van der Waals surface area contributed by atoms with E-state index in [1.54, 1.807) is 25.1 Å². The van der Waals surface area contributed by atoms with Crippen molar-refractivity contribution < 1.29 is 14.3 Å². The summed E-state index contributed by atoms with van der Waals surface area (Å²) in [7, 11) is 0. The molecule has 0 bridgehead atoms. The predicted octanol–water partition coefficient (Wildman–Crippen LogP) is 2.97. The molecule has 92 valence electrons. The fourth-order valence-corrected chi connectivity index (χ4v) is 1.56. The van der Waals surface area contributed by atoms with Gasteiger partial charge in [0.15, 0.2) is 0 Å². The number of pyridine rings is 1. The van der Waals surface area contributed by atoms with Gasteiger partial charge in [-0.3, -0.25) is 0 Å². The van der Waals surface area contributed by atoms with Crippen molar-refractivity contribution in [1.82, 2.24) is 4.98 Å². The number of rotatable bonds is 3. The normalized spacial score (nSPS) is 10.1. The van der Waals surface area contributed by atoms with Gasteiger partial charge in [-0.05, 0) is 31.2 Å².